The molecule has 9 nitrogen and oxygen atoms in total. The van der Waals surface area contributed by atoms with Crippen LogP contribution in [0.4, 0.5) is 10.1 Å². The van der Waals surface area contributed by atoms with Gasteiger partial charge in [-0.1, -0.05) is 12.1 Å². The molecule has 0 aliphatic carbocycles. The molecule has 2 heterocycles. The number of phenols is 1. The van der Waals surface area contributed by atoms with Crippen molar-refractivity contribution >= 4 is 27.3 Å². The predicted octanol–water partition coefficient (Wildman–Crippen LogP) is 3.32. The number of phenolic OH excluding ortho intramolecular Hbond substituents is 1. The molecule has 36 heavy (non-hydrogen) atoms. The maximum absolute atomic E-state index is 13.6. The van der Waals surface area contributed by atoms with Crippen LogP contribution in [0.25, 0.3) is 11.4 Å². The Labute approximate surface area is 204 Å². The maximum Gasteiger partial charge on any atom is 0.257 e. The molecule has 0 bridgehead atoms. The monoisotopic (exact) mass is 504 g/mol. The molecule has 0 saturated heterocycles. The Hall–Kier alpha value is -4.64. The van der Waals surface area contributed by atoms with Gasteiger partial charge in [-0.15, -0.1) is 0 Å². The minimum Gasteiger partial charge on any atom is -0.505 e. The molecule has 0 fully saturated rings. The molecule has 0 radical (unpaired) electrons. The van der Waals surface area contributed by atoms with E-state index in [1.807, 2.05) is 0 Å². The topological polar surface area (TPSA) is 138 Å². The number of carbonyl (C=O) groups is 2. The molecule has 3 N–H and O–H groups in total. The number of hydrogen-bond donors (Lipinski definition) is 3. The normalized spacial score (nSPS) is 13.6. The molecule has 4 aromatic rings. The number of amides is 2. The van der Waals surface area contributed by atoms with Gasteiger partial charge in [0.05, 0.1) is 21.0 Å². The summed E-state index contributed by atoms with van der Waals surface area (Å²) in [6.07, 6.45) is 2.93. The standard InChI is InChI=1S/C25H17FN4O5S/c26-18-9-15(5-7-20(18)31)23-27-11-14(12-28-23)13-29-24(32)16-6-8-22-19(10-16)30-25(33)17-3-1-2-4-21(17)36(22,34)35/h1-12,31H,13H2,(H,29,32)(H,30,33). The van der Waals surface area contributed by atoms with Gasteiger partial charge in [-0.3, -0.25) is 9.59 Å². The summed E-state index contributed by atoms with van der Waals surface area (Å²) < 4.78 is 39.7. The van der Waals surface area contributed by atoms with Crippen LogP contribution in [0.3, 0.4) is 0 Å². The molecule has 0 unspecified atom stereocenters. The first kappa shape index (κ1) is 23.1. The Morgan fingerprint density at radius 1 is 1.00 bits per heavy atom. The minimum absolute atomic E-state index is 0.0117. The zero-order valence-corrected chi connectivity index (χ0v) is 19.2. The average molecular weight is 504 g/mol. The van der Waals surface area contributed by atoms with Crippen molar-refractivity contribution in [3.05, 3.63) is 95.6 Å². The van der Waals surface area contributed by atoms with Gasteiger partial charge in [-0.25, -0.2) is 22.8 Å². The first-order chi connectivity index (χ1) is 17.2. The largest absolute Gasteiger partial charge is 0.505 e. The summed E-state index contributed by atoms with van der Waals surface area (Å²) in [5, 5.41) is 14.6. The van der Waals surface area contributed by atoms with E-state index in [2.05, 4.69) is 20.6 Å². The Balaban J connectivity index is 1.33. The van der Waals surface area contributed by atoms with Gasteiger partial charge < -0.3 is 15.7 Å². The number of nitrogens with one attached hydrogen (secondary N) is 2. The van der Waals surface area contributed by atoms with Crippen LogP contribution in [0, 0.1) is 5.82 Å². The first-order valence-electron chi connectivity index (χ1n) is 10.6. The number of aromatic nitrogens is 2. The summed E-state index contributed by atoms with van der Waals surface area (Å²) in [5.41, 5.74) is 1.13. The number of hydrogen-bond acceptors (Lipinski definition) is 7. The number of aromatic hydroxyl groups is 1. The van der Waals surface area contributed by atoms with Gasteiger partial charge in [0.2, 0.25) is 9.84 Å². The summed E-state index contributed by atoms with van der Waals surface area (Å²) >= 11 is 0. The Morgan fingerprint density at radius 3 is 2.50 bits per heavy atom. The molecule has 180 valence electrons. The van der Waals surface area contributed by atoms with Crippen molar-refractivity contribution in [3.8, 4) is 17.1 Å². The van der Waals surface area contributed by atoms with Crippen molar-refractivity contribution < 1.29 is 27.5 Å². The van der Waals surface area contributed by atoms with Crippen molar-refractivity contribution in [1.82, 2.24) is 15.3 Å². The lowest BCUT2D eigenvalue weighted by Gasteiger charge is -2.10. The van der Waals surface area contributed by atoms with E-state index >= 15 is 0 Å². The molecule has 0 atom stereocenters. The first-order valence-corrected chi connectivity index (χ1v) is 12.1. The Morgan fingerprint density at radius 2 is 1.75 bits per heavy atom. The van der Waals surface area contributed by atoms with Crippen LogP contribution in [-0.2, 0) is 16.4 Å². The van der Waals surface area contributed by atoms with Crippen LogP contribution >= 0.6 is 0 Å². The van der Waals surface area contributed by atoms with Gasteiger partial charge in [-0.05, 0) is 48.5 Å². The minimum atomic E-state index is -3.97. The fourth-order valence-electron chi connectivity index (χ4n) is 3.73. The lowest BCUT2D eigenvalue weighted by molar-refractivity contribution is 0.0949. The van der Waals surface area contributed by atoms with Crippen molar-refractivity contribution in [1.29, 1.82) is 0 Å². The van der Waals surface area contributed by atoms with Gasteiger partial charge in [0.25, 0.3) is 11.8 Å². The highest BCUT2D eigenvalue weighted by atomic mass is 32.2. The molecule has 2 amide bonds. The van der Waals surface area contributed by atoms with E-state index < -0.39 is 33.2 Å². The number of anilines is 1. The lowest BCUT2D eigenvalue weighted by Crippen LogP contribution is -2.23. The van der Waals surface area contributed by atoms with E-state index in [9.17, 15) is 27.5 Å². The van der Waals surface area contributed by atoms with Crippen molar-refractivity contribution in [2.75, 3.05) is 5.32 Å². The lowest BCUT2D eigenvalue weighted by atomic mass is 10.1. The molecule has 0 spiro atoms. The summed E-state index contributed by atoms with van der Waals surface area (Å²) in [6.45, 7) is 0.0657. The van der Waals surface area contributed by atoms with Gasteiger partial charge in [0.15, 0.2) is 17.4 Å². The number of nitrogens with zero attached hydrogens (tertiary/aromatic N) is 2. The highest BCUT2D eigenvalue weighted by molar-refractivity contribution is 7.91. The quantitative estimate of drug-likeness (QED) is 0.388. The fraction of sp³-hybridized carbons (Fsp3) is 0.0400. The third-order valence-corrected chi connectivity index (χ3v) is 7.43. The van der Waals surface area contributed by atoms with Gasteiger partial charge in [-0.2, -0.15) is 0 Å². The van der Waals surface area contributed by atoms with E-state index in [1.165, 1.54) is 60.9 Å². The van der Waals surface area contributed by atoms with E-state index in [0.717, 1.165) is 6.07 Å². The summed E-state index contributed by atoms with van der Waals surface area (Å²) in [6, 6.07) is 13.7. The molecule has 1 aromatic heterocycles. The SMILES string of the molecule is O=C(NCc1cnc(-c2ccc(O)c(F)c2)nc1)c1ccc2c(c1)NC(=O)c1ccccc1S2(=O)=O. The summed E-state index contributed by atoms with van der Waals surface area (Å²) in [7, 11) is -3.97. The number of benzene rings is 3. The fourth-order valence-corrected chi connectivity index (χ4v) is 5.32. The molecule has 11 heteroatoms. The van der Waals surface area contributed by atoms with Crippen LogP contribution in [0.15, 0.2) is 82.8 Å². The summed E-state index contributed by atoms with van der Waals surface area (Å²) in [5.74, 6) is -2.11. The van der Waals surface area contributed by atoms with Crippen molar-refractivity contribution in [2.45, 2.75) is 16.3 Å². The summed E-state index contributed by atoms with van der Waals surface area (Å²) in [4.78, 5) is 33.4. The van der Waals surface area contributed by atoms with Crippen LogP contribution in [0.2, 0.25) is 0 Å². The maximum atomic E-state index is 13.6. The Kier molecular flexibility index (Phi) is 5.69. The molecule has 5 rings (SSSR count). The van der Waals surface area contributed by atoms with Gasteiger partial charge >= 0.3 is 0 Å². The van der Waals surface area contributed by atoms with Crippen LogP contribution in [0.5, 0.6) is 5.75 Å². The third-order valence-electron chi connectivity index (χ3n) is 5.56. The van der Waals surface area contributed by atoms with Crippen LogP contribution in [-0.4, -0.2) is 35.3 Å². The second kappa shape index (κ2) is 8.86. The van der Waals surface area contributed by atoms with Crippen LogP contribution < -0.4 is 10.6 Å². The van der Waals surface area contributed by atoms with E-state index in [4.69, 9.17) is 0 Å². The van der Waals surface area contributed by atoms with Crippen molar-refractivity contribution in [3.63, 3.8) is 0 Å². The molecule has 0 saturated carbocycles. The zero-order valence-electron chi connectivity index (χ0n) is 18.4. The second-order valence-corrected chi connectivity index (χ2v) is 9.81. The van der Waals surface area contributed by atoms with Crippen molar-refractivity contribution in [2.24, 2.45) is 0 Å². The number of sulfone groups is 1. The van der Waals surface area contributed by atoms with E-state index in [1.54, 1.807) is 6.07 Å². The van der Waals surface area contributed by atoms with E-state index in [0.29, 0.717) is 11.1 Å². The van der Waals surface area contributed by atoms with Gasteiger partial charge in [0, 0.05) is 35.6 Å². The predicted molar refractivity (Wildman–Crippen MR) is 127 cm³/mol. The molecular weight excluding hydrogens is 487 g/mol. The number of rotatable bonds is 4. The zero-order chi connectivity index (χ0) is 25.4. The average Bonchev–Trinajstić information content (AvgIpc) is 2.96. The van der Waals surface area contributed by atoms with Gasteiger partial charge in [0.1, 0.15) is 0 Å². The molecule has 3 aromatic carbocycles. The highest BCUT2D eigenvalue weighted by Gasteiger charge is 2.31. The second-order valence-electron chi connectivity index (χ2n) is 7.93. The molecule has 1 aliphatic heterocycles. The molecular formula is C25H17FN4O5S. The Bertz CT molecular complexity index is 1640. The number of carbonyl (C=O) groups excluding carboxylic acids is 2. The third kappa shape index (κ3) is 4.16. The number of halogens is 1. The molecule has 1 aliphatic rings. The van der Waals surface area contributed by atoms with Crippen LogP contribution in [0.1, 0.15) is 26.3 Å². The highest BCUT2D eigenvalue weighted by Crippen LogP contribution is 2.34. The number of fused-ring (bicyclic) bond motifs is 2. The van der Waals surface area contributed by atoms with E-state index in [-0.39, 0.29) is 39.0 Å². The smallest absolute Gasteiger partial charge is 0.257 e.